The van der Waals surface area contributed by atoms with Crippen LogP contribution in [0.25, 0.3) is 0 Å². The molecule has 0 radical (unpaired) electrons. The molecule has 1 aliphatic rings. The summed E-state index contributed by atoms with van der Waals surface area (Å²) < 4.78 is 5.09. The topological polar surface area (TPSA) is 179 Å². The Labute approximate surface area is 210 Å². The summed E-state index contributed by atoms with van der Waals surface area (Å²) in [6.07, 6.45) is 1.39. The quantitative estimate of drug-likeness (QED) is 0.231. The van der Waals surface area contributed by atoms with E-state index < -0.39 is 45.0 Å². The Morgan fingerprint density at radius 2 is 1.70 bits per heavy atom. The highest BCUT2D eigenvalue weighted by Gasteiger charge is 2.34. The third kappa shape index (κ3) is 5.74. The van der Waals surface area contributed by atoms with Gasteiger partial charge in [-0.15, -0.1) is 0 Å². The second-order valence-corrected chi connectivity index (χ2v) is 8.32. The van der Waals surface area contributed by atoms with Gasteiger partial charge in [0.1, 0.15) is 23.7 Å². The summed E-state index contributed by atoms with van der Waals surface area (Å²) in [4.78, 5) is 71.0. The van der Waals surface area contributed by atoms with Crippen LogP contribution in [0.15, 0.2) is 30.9 Å². The van der Waals surface area contributed by atoms with Gasteiger partial charge in [0.25, 0.3) is 23.2 Å². The number of nitrogens with zero attached hydrogens (tertiary/aromatic N) is 6. The Kier molecular flexibility index (Phi) is 7.90. The van der Waals surface area contributed by atoms with Crippen molar-refractivity contribution in [1.82, 2.24) is 19.8 Å². The molecule has 0 spiro atoms. The molecule has 14 heteroatoms. The monoisotopic (exact) mass is 512 g/mol. The van der Waals surface area contributed by atoms with E-state index in [2.05, 4.69) is 16.5 Å². The second kappa shape index (κ2) is 10.9. The number of carbonyl (C=O) groups excluding carboxylic acids is 3. The van der Waals surface area contributed by atoms with E-state index in [9.17, 15) is 34.6 Å². The number of nitro benzene ring substituents is 2. The number of ether oxygens (including phenoxy) is 1. The van der Waals surface area contributed by atoms with Crippen molar-refractivity contribution < 1.29 is 29.0 Å². The number of rotatable bonds is 7. The lowest BCUT2D eigenvalue weighted by molar-refractivity contribution is -0.394. The molecule has 0 saturated carbocycles. The fourth-order valence-electron chi connectivity index (χ4n) is 4.01. The van der Waals surface area contributed by atoms with Gasteiger partial charge in [0.05, 0.1) is 27.2 Å². The van der Waals surface area contributed by atoms with Crippen molar-refractivity contribution in [2.24, 2.45) is 0 Å². The summed E-state index contributed by atoms with van der Waals surface area (Å²) in [6, 6.07) is 2.18. The average Bonchev–Trinajstić information content (AvgIpc) is 2.85. The average molecular weight is 512 g/mol. The summed E-state index contributed by atoms with van der Waals surface area (Å²) in [5, 5.41) is 22.4. The number of aryl methyl sites for hydroxylation is 2. The van der Waals surface area contributed by atoms with E-state index in [0.717, 1.165) is 18.2 Å². The number of hydrogen-bond acceptors (Lipinski definition) is 10. The zero-order chi connectivity index (χ0) is 27.4. The van der Waals surface area contributed by atoms with Crippen molar-refractivity contribution in [2.75, 3.05) is 26.2 Å². The van der Waals surface area contributed by atoms with Gasteiger partial charge in [-0.3, -0.25) is 29.8 Å². The van der Waals surface area contributed by atoms with Gasteiger partial charge in [-0.1, -0.05) is 12.7 Å². The maximum Gasteiger partial charge on any atom is 0.342 e. The zero-order valence-corrected chi connectivity index (χ0v) is 20.4. The van der Waals surface area contributed by atoms with E-state index in [1.165, 1.54) is 15.9 Å². The van der Waals surface area contributed by atoms with Crippen LogP contribution in [0.1, 0.15) is 49.6 Å². The molecule has 1 aromatic heterocycles. The molecule has 1 fully saturated rings. The minimum absolute atomic E-state index is 0.0432. The molecule has 2 amide bonds. The van der Waals surface area contributed by atoms with E-state index in [1.54, 1.807) is 20.8 Å². The fourth-order valence-corrected chi connectivity index (χ4v) is 4.01. The van der Waals surface area contributed by atoms with E-state index in [-0.39, 0.29) is 54.6 Å². The van der Waals surface area contributed by atoms with Crippen molar-refractivity contribution in [3.05, 3.63) is 79.4 Å². The Hall–Kier alpha value is -4.75. The van der Waals surface area contributed by atoms with Crippen LogP contribution < -0.4 is 0 Å². The standard InChI is InChI=1S/C23H24N6O8/c1-5-8-37-23(32)19-14(3)24-15(4)25-20(19)22(31)26-6-7-27(13(2)12-26)21(30)16-9-17(28(33)34)11-18(10-16)29(35)36/h5,9-11,13H,1,6-8,12H2,2-4H3. The lowest BCUT2D eigenvalue weighted by Crippen LogP contribution is -2.55. The number of esters is 1. The van der Waals surface area contributed by atoms with Crippen molar-refractivity contribution in [2.45, 2.75) is 26.8 Å². The minimum Gasteiger partial charge on any atom is -0.458 e. The number of piperazine rings is 1. The molecular formula is C23H24N6O8. The van der Waals surface area contributed by atoms with Gasteiger partial charge < -0.3 is 14.5 Å². The first-order chi connectivity index (χ1) is 17.4. The highest BCUT2D eigenvalue weighted by Crippen LogP contribution is 2.25. The van der Waals surface area contributed by atoms with Crippen LogP contribution in [0.3, 0.4) is 0 Å². The molecule has 1 saturated heterocycles. The molecule has 1 atom stereocenters. The first kappa shape index (κ1) is 26.8. The number of aromatic nitrogens is 2. The van der Waals surface area contributed by atoms with Gasteiger partial charge in [0.15, 0.2) is 0 Å². The van der Waals surface area contributed by atoms with Gasteiger partial charge in [0.2, 0.25) is 0 Å². The first-order valence-electron chi connectivity index (χ1n) is 11.1. The number of amides is 2. The Morgan fingerprint density at radius 3 is 2.24 bits per heavy atom. The molecule has 2 heterocycles. The molecule has 1 aromatic carbocycles. The highest BCUT2D eigenvalue weighted by atomic mass is 16.6. The van der Waals surface area contributed by atoms with Crippen LogP contribution in [0.5, 0.6) is 0 Å². The van der Waals surface area contributed by atoms with Gasteiger partial charge in [-0.25, -0.2) is 14.8 Å². The third-order valence-corrected chi connectivity index (χ3v) is 5.69. The molecule has 2 aromatic rings. The highest BCUT2D eigenvalue weighted by molar-refractivity contribution is 6.04. The first-order valence-corrected chi connectivity index (χ1v) is 11.1. The van der Waals surface area contributed by atoms with Gasteiger partial charge in [0, 0.05) is 37.8 Å². The zero-order valence-electron chi connectivity index (χ0n) is 20.4. The van der Waals surface area contributed by atoms with Gasteiger partial charge >= 0.3 is 5.97 Å². The lowest BCUT2D eigenvalue weighted by Gasteiger charge is -2.39. The smallest absolute Gasteiger partial charge is 0.342 e. The normalized spacial score (nSPS) is 15.2. The minimum atomic E-state index is -0.812. The van der Waals surface area contributed by atoms with Gasteiger partial charge in [-0.05, 0) is 20.8 Å². The van der Waals surface area contributed by atoms with Crippen LogP contribution in [0.2, 0.25) is 0 Å². The maximum absolute atomic E-state index is 13.4. The van der Waals surface area contributed by atoms with Crippen molar-refractivity contribution in [1.29, 1.82) is 0 Å². The van der Waals surface area contributed by atoms with E-state index in [1.807, 2.05) is 0 Å². The van der Waals surface area contributed by atoms with E-state index >= 15 is 0 Å². The SMILES string of the molecule is C=CCOC(=O)c1c(C)nc(C)nc1C(=O)N1CCN(C(=O)c2cc([N+](=O)[O-])cc([N+](=O)[O-])c2)C(C)C1. The summed E-state index contributed by atoms with van der Waals surface area (Å²) in [7, 11) is 0. The molecule has 0 aliphatic carbocycles. The van der Waals surface area contributed by atoms with Crippen LogP contribution in [0, 0.1) is 34.1 Å². The van der Waals surface area contributed by atoms with Crippen molar-refractivity contribution >= 4 is 29.2 Å². The van der Waals surface area contributed by atoms with Crippen molar-refractivity contribution in [3.8, 4) is 0 Å². The number of nitro groups is 2. The van der Waals surface area contributed by atoms with Crippen LogP contribution in [-0.2, 0) is 4.74 Å². The summed E-state index contributed by atoms with van der Waals surface area (Å²) in [5.74, 6) is -1.68. The molecule has 194 valence electrons. The summed E-state index contributed by atoms with van der Waals surface area (Å²) in [5.41, 5.74) is -1.28. The molecular weight excluding hydrogens is 488 g/mol. The number of hydrogen-bond donors (Lipinski definition) is 0. The third-order valence-electron chi connectivity index (χ3n) is 5.69. The summed E-state index contributed by atoms with van der Waals surface area (Å²) >= 11 is 0. The predicted molar refractivity (Wildman–Crippen MR) is 128 cm³/mol. The molecule has 0 bridgehead atoms. The summed E-state index contributed by atoms with van der Waals surface area (Å²) in [6.45, 7) is 8.41. The Morgan fingerprint density at radius 1 is 1.08 bits per heavy atom. The molecule has 37 heavy (non-hydrogen) atoms. The second-order valence-electron chi connectivity index (χ2n) is 8.32. The Bertz CT molecular complexity index is 1280. The van der Waals surface area contributed by atoms with Crippen LogP contribution in [0.4, 0.5) is 11.4 Å². The maximum atomic E-state index is 13.4. The number of benzene rings is 1. The molecule has 1 aliphatic heterocycles. The number of non-ortho nitro benzene ring substituents is 2. The largest absolute Gasteiger partial charge is 0.458 e. The molecule has 14 nitrogen and oxygen atoms in total. The predicted octanol–water partition coefficient (Wildman–Crippen LogP) is 2.24. The molecule has 1 unspecified atom stereocenters. The van der Waals surface area contributed by atoms with Crippen LogP contribution in [-0.4, -0.2) is 79.7 Å². The van der Waals surface area contributed by atoms with Crippen molar-refractivity contribution in [3.63, 3.8) is 0 Å². The van der Waals surface area contributed by atoms with Crippen LogP contribution >= 0.6 is 0 Å². The molecule has 3 rings (SSSR count). The van der Waals surface area contributed by atoms with Gasteiger partial charge in [-0.2, -0.15) is 0 Å². The number of carbonyl (C=O) groups is 3. The molecule has 0 N–H and O–H groups in total. The van der Waals surface area contributed by atoms with E-state index in [4.69, 9.17) is 4.74 Å². The van der Waals surface area contributed by atoms with E-state index in [0.29, 0.717) is 0 Å². The fraction of sp³-hybridized carbons (Fsp3) is 0.348. The lowest BCUT2D eigenvalue weighted by atomic mass is 10.1. The Balaban J connectivity index is 1.85.